The van der Waals surface area contributed by atoms with Crippen molar-refractivity contribution in [3.05, 3.63) is 0 Å². The minimum Gasteiger partial charge on any atom is -0.480 e. The van der Waals surface area contributed by atoms with Gasteiger partial charge in [-0.2, -0.15) is 0 Å². The van der Waals surface area contributed by atoms with E-state index in [-0.39, 0.29) is 24.5 Å². The summed E-state index contributed by atoms with van der Waals surface area (Å²) in [6.45, 7) is 3.52. The van der Waals surface area contributed by atoms with Gasteiger partial charge in [-0.05, 0) is 38.5 Å². The van der Waals surface area contributed by atoms with Gasteiger partial charge >= 0.3 is 11.9 Å². The number of carbonyl (C=O) groups excluding carboxylic acids is 3. The fraction of sp³-hybridized carbons (Fsp3) is 0.915. The Bertz CT molecular complexity index is 915. The third kappa shape index (κ3) is 38.7. The van der Waals surface area contributed by atoms with Gasteiger partial charge in [0.05, 0.1) is 13.2 Å². The molecule has 0 aliphatic rings. The molecule has 2 unspecified atom stereocenters. The van der Waals surface area contributed by atoms with Crippen LogP contribution < -0.4 is 10.6 Å². The summed E-state index contributed by atoms with van der Waals surface area (Å²) in [6.07, 6.45) is 44.1. The van der Waals surface area contributed by atoms with Crippen LogP contribution in [0.3, 0.4) is 0 Å². The number of unbranched alkanes of at least 4 members (excludes halogenated alkanes) is 30. The lowest BCUT2D eigenvalue weighted by Crippen LogP contribution is -2.47. The molecule has 2 amide bonds. The number of ether oxygens (including phenoxy) is 1. The number of aliphatic hydroxyl groups excluding tert-OH is 1. The highest BCUT2D eigenvalue weighted by Crippen LogP contribution is 2.19. The first-order valence-electron chi connectivity index (χ1n) is 23.9. The molecule has 0 heterocycles. The highest BCUT2D eigenvalue weighted by atomic mass is 16.5. The molecule has 9 nitrogen and oxygen atoms in total. The Balaban J connectivity index is 4.28. The molecule has 9 heteroatoms. The summed E-state index contributed by atoms with van der Waals surface area (Å²) in [5.74, 6) is -2.26. The number of aliphatic carboxylic acids is 1. The van der Waals surface area contributed by atoms with Gasteiger partial charge in [0.25, 0.3) is 0 Å². The average Bonchev–Trinajstić information content (AvgIpc) is 3.18. The van der Waals surface area contributed by atoms with E-state index in [2.05, 4.69) is 24.5 Å². The number of rotatable bonds is 44. The zero-order valence-corrected chi connectivity index (χ0v) is 36.7. The van der Waals surface area contributed by atoms with Gasteiger partial charge in [-0.1, -0.05) is 200 Å². The number of amides is 2. The topological polar surface area (TPSA) is 142 Å². The summed E-state index contributed by atoms with van der Waals surface area (Å²) in [6, 6.07) is -1.38. The zero-order valence-electron chi connectivity index (χ0n) is 36.7. The third-order valence-corrected chi connectivity index (χ3v) is 11.1. The number of carbonyl (C=O) groups is 4. The fourth-order valence-electron chi connectivity index (χ4n) is 7.42. The molecule has 0 bridgehead atoms. The molecule has 0 spiro atoms. The molecule has 2 atom stereocenters. The van der Waals surface area contributed by atoms with E-state index < -0.39 is 24.5 Å². The normalized spacial score (nSPS) is 12.3. The lowest BCUT2D eigenvalue weighted by atomic mass is 10.0. The van der Waals surface area contributed by atoms with Crippen molar-refractivity contribution in [1.82, 2.24) is 10.6 Å². The van der Waals surface area contributed by atoms with Gasteiger partial charge in [0, 0.05) is 12.8 Å². The minimum absolute atomic E-state index is 0.00470. The second-order valence-corrected chi connectivity index (χ2v) is 16.6. The Labute approximate surface area is 344 Å². The van der Waals surface area contributed by atoms with Crippen LogP contribution in [0.15, 0.2) is 0 Å². The van der Waals surface area contributed by atoms with Crippen LogP contribution in [0.25, 0.3) is 0 Å². The van der Waals surface area contributed by atoms with Crippen LogP contribution in [0, 0.1) is 0 Å². The molecule has 0 aromatic heterocycles. The van der Waals surface area contributed by atoms with Crippen LogP contribution in [0.1, 0.15) is 251 Å². The van der Waals surface area contributed by atoms with Crippen LogP contribution in [0.5, 0.6) is 0 Å². The van der Waals surface area contributed by atoms with E-state index in [1.54, 1.807) is 0 Å². The maximum atomic E-state index is 12.8. The lowest BCUT2D eigenvalue weighted by Gasteiger charge is -2.18. The molecule has 0 aliphatic heterocycles. The van der Waals surface area contributed by atoms with Crippen LogP contribution in [-0.4, -0.2) is 59.3 Å². The van der Waals surface area contributed by atoms with Crippen molar-refractivity contribution in [3.8, 4) is 0 Å². The molecule has 0 saturated carbocycles. The molecule has 56 heavy (non-hydrogen) atoms. The first-order chi connectivity index (χ1) is 27.3. The summed E-state index contributed by atoms with van der Waals surface area (Å²) < 4.78 is 6.06. The van der Waals surface area contributed by atoms with Gasteiger partial charge in [-0.25, -0.2) is 4.79 Å². The van der Waals surface area contributed by atoms with E-state index in [0.29, 0.717) is 19.3 Å². The number of carboxylic acid groups (broad SMARTS) is 1. The third-order valence-electron chi connectivity index (χ3n) is 11.1. The van der Waals surface area contributed by atoms with Gasteiger partial charge in [0.2, 0.25) is 11.8 Å². The number of hydrogen-bond acceptors (Lipinski definition) is 6. The van der Waals surface area contributed by atoms with Gasteiger partial charge in [-0.3, -0.25) is 14.4 Å². The molecule has 0 saturated heterocycles. The van der Waals surface area contributed by atoms with Gasteiger partial charge in [-0.15, -0.1) is 0 Å². The first kappa shape index (κ1) is 53.8. The predicted octanol–water partition coefficient (Wildman–Crippen LogP) is 12.0. The summed E-state index contributed by atoms with van der Waals surface area (Å²) in [5, 5.41) is 22.6. The van der Waals surface area contributed by atoms with Crippen molar-refractivity contribution in [2.24, 2.45) is 0 Å². The molecular weight excluding hydrogens is 705 g/mol. The second kappa shape index (κ2) is 42.4. The maximum absolute atomic E-state index is 12.8. The quantitative estimate of drug-likeness (QED) is 0.0355. The standard InChI is InChI=1S/C47H90N2O7/c1-3-5-7-9-11-13-15-17-18-20-21-23-25-28-32-36-42(56-46(53)39-35-31-26-24-22-19-16-14-12-10-8-6-4-2)37-33-29-27-30-34-38-44(51)48-40-45(52)49-43(41-50)47(54)55/h42-43,50H,3-41H2,1-2H3,(H,48,51)(H,49,52)(H,54,55). The molecule has 0 aliphatic carbocycles. The summed E-state index contributed by atoms with van der Waals surface area (Å²) in [7, 11) is 0. The van der Waals surface area contributed by atoms with E-state index in [0.717, 1.165) is 57.8 Å². The van der Waals surface area contributed by atoms with E-state index >= 15 is 0 Å². The fourth-order valence-corrected chi connectivity index (χ4v) is 7.42. The van der Waals surface area contributed by atoms with Crippen molar-refractivity contribution < 1.29 is 34.1 Å². The molecule has 0 radical (unpaired) electrons. The monoisotopic (exact) mass is 795 g/mol. The molecule has 4 N–H and O–H groups in total. The van der Waals surface area contributed by atoms with Crippen molar-refractivity contribution in [2.45, 2.75) is 264 Å². The van der Waals surface area contributed by atoms with E-state index in [1.807, 2.05) is 0 Å². The molecule has 0 aromatic rings. The van der Waals surface area contributed by atoms with Gasteiger partial charge in [0.15, 0.2) is 0 Å². The summed E-state index contributed by atoms with van der Waals surface area (Å²) >= 11 is 0. The van der Waals surface area contributed by atoms with E-state index in [9.17, 15) is 19.2 Å². The van der Waals surface area contributed by atoms with Crippen LogP contribution in [0.2, 0.25) is 0 Å². The summed E-state index contributed by atoms with van der Waals surface area (Å²) in [4.78, 5) is 47.7. The summed E-state index contributed by atoms with van der Waals surface area (Å²) in [5.41, 5.74) is 0. The van der Waals surface area contributed by atoms with Gasteiger partial charge < -0.3 is 25.6 Å². The molecule has 0 fully saturated rings. The molecule has 330 valence electrons. The number of hydrogen-bond donors (Lipinski definition) is 4. The van der Waals surface area contributed by atoms with Crippen LogP contribution in [-0.2, 0) is 23.9 Å². The van der Waals surface area contributed by atoms with Crippen LogP contribution in [0.4, 0.5) is 0 Å². The van der Waals surface area contributed by atoms with Gasteiger partial charge in [0.1, 0.15) is 12.1 Å². The zero-order chi connectivity index (χ0) is 41.2. The molecular formula is C47H90N2O7. The largest absolute Gasteiger partial charge is 0.480 e. The minimum atomic E-state index is -1.38. The van der Waals surface area contributed by atoms with Crippen molar-refractivity contribution >= 4 is 23.8 Å². The highest BCUT2D eigenvalue weighted by molar-refractivity contribution is 5.87. The Hall–Kier alpha value is -2.16. The lowest BCUT2D eigenvalue weighted by molar-refractivity contribution is -0.150. The second-order valence-electron chi connectivity index (χ2n) is 16.6. The highest BCUT2D eigenvalue weighted by Gasteiger charge is 2.19. The predicted molar refractivity (Wildman–Crippen MR) is 232 cm³/mol. The molecule has 0 aromatic carbocycles. The maximum Gasteiger partial charge on any atom is 0.328 e. The first-order valence-corrected chi connectivity index (χ1v) is 23.9. The number of esters is 1. The Kier molecular flexibility index (Phi) is 40.8. The SMILES string of the molecule is CCCCCCCCCCCCCCCCCC(CCCCCCCC(=O)NCC(=O)NC(CO)C(=O)O)OC(=O)CCCCCCCCCCCCCCC. The van der Waals surface area contributed by atoms with Crippen molar-refractivity contribution in [1.29, 1.82) is 0 Å². The van der Waals surface area contributed by atoms with Crippen LogP contribution >= 0.6 is 0 Å². The smallest absolute Gasteiger partial charge is 0.328 e. The van der Waals surface area contributed by atoms with E-state index in [1.165, 1.54) is 161 Å². The Morgan fingerprint density at radius 2 is 0.804 bits per heavy atom. The van der Waals surface area contributed by atoms with Crippen molar-refractivity contribution in [3.63, 3.8) is 0 Å². The number of carboxylic acids is 1. The Morgan fingerprint density at radius 1 is 0.464 bits per heavy atom. The number of aliphatic hydroxyl groups is 1. The average molecular weight is 795 g/mol. The molecule has 0 rings (SSSR count). The van der Waals surface area contributed by atoms with E-state index in [4.69, 9.17) is 14.9 Å². The Morgan fingerprint density at radius 3 is 1.16 bits per heavy atom. The van der Waals surface area contributed by atoms with Crippen molar-refractivity contribution in [2.75, 3.05) is 13.2 Å². The number of nitrogens with one attached hydrogen (secondary N) is 2.